The molecule has 0 bridgehead atoms. The van der Waals surface area contributed by atoms with E-state index in [2.05, 4.69) is 6.07 Å². The largest absolute Gasteiger partial charge is 0.465 e. The molecule has 0 aliphatic rings. The molecule has 0 saturated carbocycles. The number of aromatic nitrogens is 2. The van der Waals surface area contributed by atoms with E-state index in [-0.39, 0.29) is 16.8 Å². The number of nitrogens with zero attached hydrogens (tertiary/aromatic N) is 3. The molecule has 4 aromatic rings. The van der Waals surface area contributed by atoms with Crippen molar-refractivity contribution in [3.63, 3.8) is 0 Å². The highest BCUT2D eigenvalue weighted by molar-refractivity contribution is 6.11. The molecule has 0 atom stereocenters. The van der Waals surface area contributed by atoms with E-state index in [1.807, 2.05) is 59.2 Å². The Morgan fingerprint density at radius 2 is 1.48 bits per heavy atom. The molecule has 7 heteroatoms. The molecule has 4 rings (SSSR count). The molecule has 144 valence electrons. The molecule has 29 heavy (non-hydrogen) atoms. The van der Waals surface area contributed by atoms with Crippen LogP contribution in [-0.4, -0.2) is 35.1 Å². The maximum absolute atomic E-state index is 12.7. The van der Waals surface area contributed by atoms with E-state index < -0.39 is 11.9 Å². The number of carbonyl (C=O) groups is 2. The van der Waals surface area contributed by atoms with Gasteiger partial charge in [0.25, 0.3) is 0 Å². The van der Waals surface area contributed by atoms with Crippen molar-refractivity contribution >= 4 is 28.6 Å². The van der Waals surface area contributed by atoms with Crippen LogP contribution in [-0.2, 0) is 16.0 Å². The number of carbonyl (C=O) groups excluding carboxylic acids is 2. The minimum absolute atomic E-state index is 0.0167. The summed E-state index contributed by atoms with van der Waals surface area (Å²) in [5.41, 5.74) is 2.91. The van der Waals surface area contributed by atoms with E-state index in [1.54, 1.807) is 4.40 Å². The number of esters is 2. The fraction of sp³-hybridized carbons (Fsp3) is 0.136. The lowest BCUT2D eigenvalue weighted by atomic mass is 10.1. The lowest BCUT2D eigenvalue weighted by molar-refractivity contribution is 0.0557. The average Bonchev–Trinajstić information content (AvgIpc) is 3.26. The number of methoxy groups -OCH3 is 2. The van der Waals surface area contributed by atoms with Gasteiger partial charge in [0.05, 0.1) is 25.3 Å². The minimum Gasteiger partial charge on any atom is -0.465 e. The van der Waals surface area contributed by atoms with Crippen molar-refractivity contribution in [3.05, 3.63) is 77.0 Å². The van der Waals surface area contributed by atoms with Crippen LogP contribution in [0.2, 0.25) is 0 Å². The third-order valence-electron chi connectivity index (χ3n) is 4.88. The predicted octanol–water partition coefficient (Wildman–Crippen LogP) is 3.39. The first-order valence-electron chi connectivity index (χ1n) is 8.88. The molecule has 0 fully saturated rings. The standard InChI is InChI=1S/C22H17N3O4/c1-28-21(26)18-17(12-23)25-16-11-7-6-10-15(16)24(13-14-8-4-3-5-9-14)20(25)19(18)22(27)29-2/h3-11H,13H2,1-2H3. The second kappa shape index (κ2) is 7.17. The van der Waals surface area contributed by atoms with Crippen LogP contribution in [0.15, 0.2) is 54.6 Å². The first-order valence-corrected chi connectivity index (χ1v) is 8.88. The van der Waals surface area contributed by atoms with Crippen molar-refractivity contribution in [3.8, 4) is 6.07 Å². The lowest BCUT2D eigenvalue weighted by Gasteiger charge is -2.08. The predicted molar refractivity (Wildman–Crippen MR) is 106 cm³/mol. The van der Waals surface area contributed by atoms with Crippen LogP contribution in [0.4, 0.5) is 0 Å². The number of rotatable bonds is 4. The van der Waals surface area contributed by atoms with Crippen molar-refractivity contribution < 1.29 is 19.1 Å². The third kappa shape index (κ3) is 2.74. The summed E-state index contributed by atoms with van der Waals surface area (Å²) in [5, 5.41) is 9.85. The van der Waals surface area contributed by atoms with Gasteiger partial charge in [-0.15, -0.1) is 0 Å². The molecule has 2 aromatic carbocycles. The van der Waals surface area contributed by atoms with Gasteiger partial charge in [0.1, 0.15) is 28.5 Å². The fourth-order valence-electron chi connectivity index (χ4n) is 3.67. The Morgan fingerprint density at radius 1 is 0.897 bits per heavy atom. The second-order valence-corrected chi connectivity index (χ2v) is 6.41. The third-order valence-corrected chi connectivity index (χ3v) is 4.88. The molecule has 7 nitrogen and oxygen atoms in total. The van der Waals surface area contributed by atoms with Crippen LogP contribution in [0.25, 0.3) is 16.7 Å². The van der Waals surface area contributed by atoms with Crippen LogP contribution in [0.1, 0.15) is 32.0 Å². The second-order valence-electron chi connectivity index (χ2n) is 6.41. The van der Waals surface area contributed by atoms with Crippen LogP contribution in [0.3, 0.4) is 0 Å². The van der Waals surface area contributed by atoms with Gasteiger partial charge >= 0.3 is 11.9 Å². The van der Waals surface area contributed by atoms with E-state index >= 15 is 0 Å². The Hall–Kier alpha value is -4.05. The summed E-state index contributed by atoms with van der Waals surface area (Å²) in [5.74, 6) is -1.47. The van der Waals surface area contributed by atoms with Crippen LogP contribution < -0.4 is 0 Å². The number of benzene rings is 2. The van der Waals surface area contributed by atoms with Gasteiger partial charge in [0.2, 0.25) is 0 Å². The minimum atomic E-state index is -0.763. The van der Waals surface area contributed by atoms with Crippen molar-refractivity contribution in [2.45, 2.75) is 6.54 Å². The fourth-order valence-corrected chi connectivity index (χ4v) is 3.67. The van der Waals surface area contributed by atoms with Gasteiger partial charge in [-0.05, 0) is 17.7 Å². The molecule has 0 aliphatic carbocycles. The van der Waals surface area contributed by atoms with Crippen molar-refractivity contribution in [1.82, 2.24) is 8.97 Å². The first kappa shape index (κ1) is 18.3. The number of fused-ring (bicyclic) bond motifs is 3. The zero-order valence-electron chi connectivity index (χ0n) is 15.9. The highest BCUT2D eigenvalue weighted by Gasteiger charge is 2.33. The van der Waals surface area contributed by atoms with E-state index in [0.717, 1.165) is 11.1 Å². The lowest BCUT2D eigenvalue weighted by Crippen LogP contribution is -2.12. The topological polar surface area (TPSA) is 85.7 Å². The van der Waals surface area contributed by atoms with E-state index in [4.69, 9.17) is 9.47 Å². The molecule has 0 unspecified atom stereocenters. The van der Waals surface area contributed by atoms with Crippen LogP contribution in [0, 0.1) is 11.3 Å². The van der Waals surface area contributed by atoms with E-state index in [9.17, 15) is 14.9 Å². The summed E-state index contributed by atoms with van der Waals surface area (Å²) >= 11 is 0. The molecular weight excluding hydrogens is 370 g/mol. The summed E-state index contributed by atoms with van der Waals surface area (Å²) < 4.78 is 13.3. The highest BCUT2D eigenvalue weighted by Crippen LogP contribution is 2.32. The maximum Gasteiger partial charge on any atom is 0.342 e. The zero-order chi connectivity index (χ0) is 20.5. The van der Waals surface area contributed by atoms with E-state index in [1.165, 1.54) is 14.2 Å². The van der Waals surface area contributed by atoms with Gasteiger partial charge in [-0.25, -0.2) is 9.59 Å². The molecule has 0 N–H and O–H groups in total. The van der Waals surface area contributed by atoms with Gasteiger partial charge in [0, 0.05) is 6.54 Å². The smallest absolute Gasteiger partial charge is 0.342 e. The number of hydrogen-bond donors (Lipinski definition) is 0. The molecule has 2 heterocycles. The Balaban J connectivity index is 2.18. The van der Waals surface area contributed by atoms with Crippen molar-refractivity contribution in [2.75, 3.05) is 14.2 Å². The number of para-hydroxylation sites is 2. The highest BCUT2D eigenvalue weighted by atomic mass is 16.5. The molecule has 0 spiro atoms. The molecular formula is C22H17N3O4. The number of imidazole rings is 1. The number of hydrogen-bond acceptors (Lipinski definition) is 5. The van der Waals surface area contributed by atoms with Crippen molar-refractivity contribution in [2.24, 2.45) is 0 Å². The quantitative estimate of drug-likeness (QED) is 0.501. The molecule has 2 aromatic heterocycles. The number of nitriles is 1. The summed E-state index contributed by atoms with van der Waals surface area (Å²) in [6.45, 7) is 0.442. The summed E-state index contributed by atoms with van der Waals surface area (Å²) in [6.07, 6.45) is 0. The van der Waals surface area contributed by atoms with Gasteiger partial charge < -0.3 is 14.0 Å². The van der Waals surface area contributed by atoms with E-state index in [0.29, 0.717) is 17.7 Å². The molecule has 0 amide bonds. The molecule has 0 radical (unpaired) electrons. The number of ether oxygens (including phenoxy) is 2. The Kier molecular flexibility index (Phi) is 4.53. The van der Waals surface area contributed by atoms with Crippen LogP contribution in [0.5, 0.6) is 0 Å². The molecule has 0 saturated heterocycles. The Bertz CT molecular complexity index is 1290. The average molecular weight is 387 g/mol. The zero-order valence-corrected chi connectivity index (χ0v) is 15.9. The van der Waals surface area contributed by atoms with Gasteiger partial charge in [-0.3, -0.25) is 4.40 Å². The summed E-state index contributed by atoms with van der Waals surface area (Å²) in [7, 11) is 2.45. The first-order chi connectivity index (χ1) is 14.1. The maximum atomic E-state index is 12.7. The summed E-state index contributed by atoms with van der Waals surface area (Å²) in [4.78, 5) is 25.2. The van der Waals surface area contributed by atoms with Gasteiger partial charge in [-0.2, -0.15) is 5.26 Å². The van der Waals surface area contributed by atoms with Crippen LogP contribution >= 0.6 is 0 Å². The SMILES string of the molecule is COC(=O)c1c(C(=O)OC)c2n(Cc3ccccc3)c3ccccc3n2c1C#N. The monoisotopic (exact) mass is 387 g/mol. The Labute approximate surface area is 166 Å². The van der Waals surface area contributed by atoms with Crippen molar-refractivity contribution in [1.29, 1.82) is 5.26 Å². The molecule has 0 aliphatic heterocycles. The Morgan fingerprint density at radius 3 is 2.10 bits per heavy atom. The van der Waals surface area contributed by atoms with Gasteiger partial charge in [-0.1, -0.05) is 42.5 Å². The normalized spacial score (nSPS) is 10.8. The summed E-state index contributed by atoms with van der Waals surface area (Å²) in [6, 6.07) is 19.3. The van der Waals surface area contributed by atoms with Gasteiger partial charge in [0.15, 0.2) is 0 Å².